The van der Waals surface area contributed by atoms with E-state index in [1.54, 1.807) is 6.20 Å². The van der Waals surface area contributed by atoms with Crippen molar-refractivity contribution in [2.45, 2.75) is 13.3 Å². The molecule has 1 aliphatic rings. The molecule has 1 aromatic carbocycles. The first-order valence-electron chi connectivity index (χ1n) is 8.24. The fourth-order valence-corrected chi connectivity index (χ4v) is 3.31. The van der Waals surface area contributed by atoms with Gasteiger partial charge in [-0.3, -0.25) is 0 Å². The van der Waals surface area contributed by atoms with Crippen LogP contribution in [0.15, 0.2) is 42.7 Å². The Balaban J connectivity index is 1.40. The normalized spacial score (nSPS) is 17.6. The van der Waals surface area contributed by atoms with E-state index < -0.39 is 0 Å². The minimum atomic E-state index is -0.188. The maximum absolute atomic E-state index is 13.0. The zero-order chi connectivity index (χ0) is 16.5. The fourth-order valence-electron chi connectivity index (χ4n) is 3.31. The molecule has 0 saturated carbocycles. The molecule has 3 aromatic rings. The average molecular weight is 325 g/mol. The van der Waals surface area contributed by atoms with E-state index in [4.69, 9.17) is 0 Å². The molecule has 24 heavy (non-hydrogen) atoms. The number of hydrogen-bond donors (Lipinski definition) is 1. The molecule has 1 atom stereocenters. The first-order chi connectivity index (χ1) is 11.7. The summed E-state index contributed by atoms with van der Waals surface area (Å²) in [6.07, 6.45) is 4.74. The first kappa shape index (κ1) is 14.9. The molecule has 1 aliphatic heterocycles. The monoisotopic (exact) mass is 325 g/mol. The third-order valence-electron chi connectivity index (χ3n) is 4.55. The molecule has 1 N–H and O–H groups in total. The molecular weight excluding hydrogens is 305 g/mol. The van der Waals surface area contributed by atoms with Gasteiger partial charge in [0.15, 0.2) is 5.82 Å². The lowest BCUT2D eigenvalue weighted by Gasteiger charge is -2.19. The third-order valence-corrected chi connectivity index (χ3v) is 4.55. The topological polar surface area (TPSA) is 45.5 Å². The predicted molar refractivity (Wildman–Crippen MR) is 92.9 cm³/mol. The summed E-state index contributed by atoms with van der Waals surface area (Å²) >= 11 is 0. The minimum Gasteiger partial charge on any atom is -0.371 e. The number of aryl methyl sites for hydroxylation is 1. The van der Waals surface area contributed by atoms with Crippen molar-refractivity contribution < 1.29 is 4.39 Å². The summed E-state index contributed by atoms with van der Waals surface area (Å²) in [6, 6.07) is 8.78. The van der Waals surface area contributed by atoms with Gasteiger partial charge in [0.2, 0.25) is 0 Å². The van der Waals surface area contributed by atoms with Crippen molar-refractivity contribution >= 4 is 17.0 Å². The third kappa shape index (κ3) is 2.91. The lowest BCUT2D eigenvalue weighted by Crippen LogP contribution is -2.22. The summed E-state index contributed by atoms with van der Waals surface area (Å²) in [5, 5.41) is 7.88. The zero-order valence-electron chi connectivity index (χ0n) is 13.6. The Hall–Kier alpha value is -2.63. The summed E-state index contributed by atoms with van der Waals surface area (Å²) in [4.78, 5) is 6.75. The SMILES string of the molecule is Cc1cc2c(NCC3CCN(c4ccc(F)cc4)C3)nccn2n1. The molecule has 124 valence electrons. The molecule has 0 bridgehead atoms. The Morgan fingerprint density at radius 2 is 2.12 bits per heavy atom. The smallest absolute Gasteiger partial charge is 0.152 e. The number of aromatic nitrogens is 3. The van der Waals surface area contributed by atoms with Crippen LogP contribution in [0, 0.1) is 18.7 Å². The number of hydrogen-bond acceptors (Lipinski definition) is 4. The van der Waals surface area contributed by atoms with Gasteiger partial charge in [0, 0.05) is 37.7 Å². The average Bonchev–Trinajstić information content (AvgIpc) is 3.19. The van der Waals surface area contributed by atoms with Gasteiger partial charge in [0.05, 0.1) is 5.69 Å². The first-order valence-corrected chi connectivity index (χ1v) is 8.24. The van der Waals surface area contributed by atoms with Gasteiger partial charge in [-0.25, -0.2) is 13.9 Å². The number of rotatable bonds is 4. The van der Waals surface area contributed by atoms with Crippen molar-refractivity contribution in [3.8, 4) is 0 Å². The van der Waals surface area contributed by atoms with Crippen LogP contribution >= 0.6 is 0 Å². The van der Waals surface area contributed by atoms with Crippen LogP contribution < -0.4 is 10.2 Å². The Labute approximate surface area is 140 Å². The van der Waals surface area contributed by atoms with Crippen LogP contribution in [-0.4, -0.2) is 34.2 Å². The van der Waals surface area contributed by atoms with Gasteiger partial charge in [0.1, 0.15) is 11.3 Å². The summed E-state index contributed by atoms with van der Waals surface area (Å²) < 4.78 is 14.9. The van der Waals surface area contributed by atoms with E-state index in [0.29, 0.717) is 5.92 Å². The van der Waals surface area contributed by atoms with Gasteiger partial charge in [0.25, 0.3) is 0 Å². The molecule has 1 unspecified atom stereocenters. The van der Waals surface area contributed by atoms with Crippen LogP contribution in [-0.2, 0) is 0 Å². The second-order valence-electron chi connectivity index (χ2n) is 6.35. The number of nitrogens with one attached hydrogen (secondary N) is 1. The van der Waals surface area contributed by atoms with E-state index in [1.807, 2.05) is 35.8 Å². The number of benzene rings is 1. The van der Waals surface area contributed by atoms with E-state index in [-0.39, 0.29) is 5.82 Å². The molecule has 0 amide bonds. The van der Waals surface area contributed by atoms with Crippen molar-refractivity contribution in [1.82, 2.24) is 14.6 Å². The van der Waals surface area contributed by atoms with Gasteiger partial charge >= 0.3 is 0 Å². The van der Waals surface area contributed by atoms with E-state index in [2.05, 4.69) is 20.3 Å². The van der Waals surface area contributed by atoms with Crippen LogP contribution in [0.4, 0.5) is 15.9 Å². The lowest BCUT2D eigenvalue weighted by molar-refractivity contribution is 0.620. The van der Waals surface area contributed by atoms with Crippen molar-refractivity contribution in [2.24, 2.45) is 5.92 Å². The molecule has 2 aromatic heterocycles. The number of halogens is 1. The largest absolute Gasteiger partial charge is 0.371 e. The molecular formula is C18H20FN5. The Morgan fingerprint density at radius 3 is 2.96 bits per heavy atom. The number of fused-ring (bicyclic) bond motifs is 1. The van der Waals surface area contributed by atoms with E-state index >= 15 is 0 Å². The molecule has 0 spiro atoms. The standard InChI is InChI=1S/C18H20FN5/c1-13-10-17-18(20-7-9-24(17)22-13)21-11-14-6-8-23(12-14)16-4-2-15(19)3-5-16/h2-5,7,9-10,14H,6,8,11-12H2,1H3,(H,20,21). The molecule has 4 rings (SSSR count). The highest BCUT2D eigenvalue weighted by Gasteiger charge is 2.23. The molecule has 6 heteroatoms. The molecule has 3 heterocycles. The van der Waals surface area contributed by atoms with Crippen LogP contribution in [0.5, 0.6) is 0 Å². The highest BCUT2D eigenvalue weighted by atomic mass is 19.1. The van der Waals surface area contributed by atoms with Crippen LogP contribution in [0.3, 0.4) is 0 Å². The van der Waals surface area contributed by atoms with Crippen LogP contribution in [0.1, 0.15) is 12.1 Å². The summed E-state index contributed by atoms with van der Waals surface area (Å²) in [6.45, 7) is 4.82. The summed E-state index contributed by atoms with van der Waals surface area (Å²) in [5.41, 5.74) is 3.07. The Bertz CT molecular complexity index is 842. The molecule has 0 radical (unpaired) electrons. The maximum atomic E-state index is 13.0. The van der Waals surface area contributed by atoms with Crippen molar-refractivity contribution in [3.63, 3.8) is 0 Å². The molecule has 0 aliphatic carbocycles. The zero-order valence-corrected chi connectivity index (χ0v) is 13.6. The molecule has 1 fully saturated rings. The predicted octanol–water partition coefficient (Wildman–Crippen LogP) is 3.12. The maximum Gasteiger partial charge on any atom is 0.152 e. The highest BCUT2D eigenvalue weighted by molar-refractivity contribution is 5.67. The van der Waals surface area contributed by atoms with Crippen molar-refractivity contribution in [2.75, 3.05) is 29.9 Å². The second-order valence-corrected chi connectivity index (χ2v) is 6.35. The van der Waals surface area contributed by atoms with E-state index in [1.165, 1.54) is 12.1 Å². The highest BCUT2D eigenvalue weighted by Crippen LogP contribution is 2.24. The van der Waals surface area contributed by atoms with Crippen molar-refractivity contribution in [1.29, 1.82) is 0 Å². The Morgan fingerprint density at radius 1 is 1.29 bits per heavy atom. The number of nitrogens with zero attached hydrogens (tertiary/aromatic N) is 4. The van der Waals surface area contributed by atoms with Crippen LogP contribution in [0.25, 0.3) is 5.52 Å². The van der Waals surface area contributed by atoms with Gasteiger partial charge in [-0.05, 0) is 49.6 Å². The number of anilines is 2. The van der Waals surface area contributed by atoms with Gasteiger partial charge in [-0.15, -0.1) is 0 Å². The molecule has 1 saturated heterocycles. The fraction of sp³-hybridized carbons (Fsp3) is 0.333. The lowest BCUT2D eigenvalue weighted by atomic mass is 10.1. The quantitative estimate of drug-likeness (QED) is 0.800. The van der Waals surface area contributed by atoms with Crippen LogP contribution in [0.2, 0.25) is 0 Å². The van der Waals surface area contributed by atoms with Gasteiger partial charge < -0.3 is 10.2 Å². The minimum absolute atomic E-state index is 0.188. The summed E-state index contributed by atoms with van der Waals surface area (Å²) in [7, 11) is 0. The Kier molecular flexibility index (Phi) is 3.80. The van der Waals surface area contributed by atoms with Gasteiger partial charge in [-0.1, -0.05) is 0 Å². The summed E-state index contributed by atoms with van der Waals surface area (Å²) in [5.74, 6) is 1.23. The second kappa shape index (κ2) is 6.11. The van der Waals surface area contributed by atoms with Crippen molar-refractivity contribution in [3.05, 3.63) is 54.2 Å². The van der Waals surface area contributed by atoms with E-state index in [9.17, 15) is 4.39 Å². The van der Waals surface area contributed by atoms with Gasteiger partial charge in [-0.2, -0.15) is 5.10 Å². The molecule has 5 nitrogen and oxygen atoms in total. The van der Waals surface area contributed by atoms with E-state index in [0.717, 1.165) is 48.8 Å².